The monoisotopic (exact) mass is 282 g/mol. The molecule has 0 unspecified atom stereocenters. The van der Waals surface area contributed by atoms with Gasteiger partial charge in [-0.05, 0) is 25.0 Å². The molecule has 2 N–H and O–H groups in total. The normalized spacial score (nSPS) is 11.2. The summed E-state index contributed by atoms with van der Waals surface area (Å²) in [7, 11) is -3.62. The minimum atomic E-state index is -3.62. The Labute approximate surface area is 113 Å². The van der Waals surface area contributed by atoms with Crippen LogP contribution in [0.4, 0.5) is 0 Å². The Morgan fingerprint density at radius 2 is 1.84 bits per heavy atom. The van der Waals surface area contributed by atoms with E-state index in [-0.39, 0.29) is 17.1 Å². The van der Waals surface area contributed by atoms with Crippen molar-refractivity contribution in [3.8, 4) is 6.07 Å². The highest BCUT2D eigenvalue weighted by molar-refractivity contribution is 7.89. The average Bonchev–Trinajstić information content (AvgIpc) is 2.42. The maximum absolute atomic E-state index is 12.0. The van der Waals surface area contributed by atoms with Crippen LogP contribution in [0.5, 0.6) is 0 Å². The number of aliphatic hydroxyl groups excluding tert-OH is 1. The molecule has 0 spiro atoms. The lowest BCUT2D eigenvalue weighted by molar-refractivity contribution is 0.282. The quantitative estimate of drug-likeness (QED) is 0.705. The van der Waals surface area contributed by atoms with Crippen LogP contribution in [-0.2, 0) is 10.0 Å². The van der Waals surface area contributed by atoms with Gasteiger partial charge < -0.3 is 5.11 Å². The van der Waals surface area contributed by atoms with Crippen LogP contribution in [0.3, 0.4) is 0 Å². The van der Waals surface area contributed by atoms with Crippen LogP contribution < -0.4 is 4.72 Å². The van der Waals surface area contributed by atoms with E-state index in [4.69, 9.17) is 10.4 Å². The van der Waals surface area contributed by atoms with Crippen LogP contribution in [0.15, 0.2) is 29.2 Å². The molecule has 0 aliphatic heterocycles. The van der Waals surface area contributed by atoms with Crippen molar-refractivity contribution in [1.82, 2.24) is 4.72 Å². The van der Waals surface area contributed by atoms with Gasteiger partial charge in [-0.3, -0.25) is 0 Å². The molecular weight excluding hydrogens is 264 g/mol. The van der Waals surface area contributed by atoms with Crippen LogP contribution in [0.1, 0.15) is 31.2 Å². The minimum absolute atomic E-state index is 0.0212. The highest BCUT2D eigenvalue weighted by atomic mass is 32.2. The molecule has 0 radical (unpaired) electrons. The molecule has 19 heavy (non-hydrogen) atoms. The first kappa shape index (κ1) is 15.6. The van der Waals surface area contributed by atoms with Gasteiger partial charge in [0.25, 0.3) is 0 Å². The summed E-state index contributed by atoms with van der Waals surface area (Å²) < 4.78 is 26.5. The SMILES string of the molecule is N#Cc1ccccc1S(=O)(=O)NCCCCCCO. The molecule has 1 aromatic rings. The fraction of sp³-hybridized carbons (Fsp3) is 0.462. The fourth-order valence-corrected chi connectivity index (χ4v) is 2.90. The molecule has 0 aliphatic carbocycles. The Bertz CT molecular complexity index is 535. The second kappa shape index (κ2) is 7.89. The Morgan fingerprint density at radius 3 is 2.53 bits per heavy atom. The zero-order valence-corrected chi connectivity index (χ0v) is 11.5. The first-order chi connectivity index (χ1) is 9.11. The van der Waals surface area contributed by atoms with Gasteiger partial charge in [-0.15, -0.1) is 0 Å². The molecule has 0 aromatic heterocycles. The lowest BCUT2D eigenvalue weighted by Gasteiger charge is -2.07. The lowest BCUT2D eigenvalue weighted by atomic mass is 10.2. The van der Waals surface area contributed by atoms with E-state index in [9.17, 15) is 8.42 Å². The molecule has 1 aromatic carbocycles. The number of nitrogens with zero attached hydrogens (tertiary/aromatic N) is 1. The summed E-state index contributed by atoms with van der Waals surface area (Å²) in [5, 5.41) is 17.5. The third-order valence-corrected chi connectivity index (χ3v) is 4.19. The van der Waals surface area contributed by atoms with Crippen LogP contribution in [0.2, 0.25) is 0 Å². The summed E-state index contributed by atoms with van der Waals surface area (Å²) in [6.45, 7) is 0.509. The predicted octanol–water partition coefficient (Wildman–Crippen LogP) is 1.39. The second-order valence-electron chi connectivity index (χ2n) is 4.14. The number of hydrogen-bond acceptors (Lipinski definition) is 4. The fourth-order valence-electron chi connectivity index (χ4n) is 1.67. The molecular formula is C13H18N2O3S. The smallest absolute Gasteiger partial charge is 0.241 e. The Hall–Kier alpha value is -1.42. The largest absolute Gasteiger partial charge is 0.396 e. The van der Waals surface area contributed by atoms with Crippen LogP contribution in [0, 0.1) is 11.3 Å². The van der Waals surface area contributed by atoms with E-state index < -0.39 is 10.0 Å². The van der Waals surface area contributed by atoms with Crippen molar-refractivity contribution in [3.05, 3.63) is 29.8 Å². The van der Waals surface area contributed by atoms with Crippen molar-refractivity contribution in [2.75, 3.05) is 13.2 Å². The Balaban J connectivity index is 2.55. The molecule has 0 aliphatic rings. The zero-order valence-electron chi connectivity index (χ0n) is 10.7. The standard InChI is InChI=1S/C13H18N2O3S/c14-11-12-7-3-4-8-13(12)19(17,18)15-9-5-1-2-6-10-16/h3-4,7-8,15-16H,1-2,5-6,9-10H2. The van der Waals surface area contributed by atoms with Gasteiger partial charge in [0.1, 0.15) is 6.07 Å². The molecule has 0 bridgehead atoms. The first-order valence-electron chi connectivity index (χ1n) is 6.21. The van der Waals surface area contributed by atoms with Gasteiger partial charge in [0.2, 0.25) is 10.0 Å². The third-order valence-electron chi connectivity index (χ3n) is 2.67. The number of sulfonamides is 1. The van der Waals surface area contributed by atoms with E-state index in [1.165, 1.54) is 12.1 Å². The third kappa shape index (κ3) is 4.99. The highest BCUT2D eigenvalue weighted by Crippen LogP contribution is 2.14. The minimum Gasteiger partial charge on any atom is -0.396 e. The van der Waals surface area contributed by atoms with Gasteiger partial charge in [0.05, 0.1) is 10.5 Å². The van der Waals surface area contributed by atoms with E-state index in [0.29, 0.717) is 13.0 Å². The van der Waals surface area contributed by atoms with E-state index in [2.05, 4.69) is 4.72 Å². The number of unbranched alkanes of at least 4 members (excludes halogenated alkanes) is 3. The molecule has 0 fully saturated rings. The lowest BCUT2D eigenvalue weighted by Crippen LogP contribution is -2.25. The van der Waals surface area contributed by atoms with E-state index >= 15 is 0 Å². The molecule has 0 atom stereocenters. The molecule has 0 saturated heterocycles. The molecule has 0 saturated carbocycles. The second-order valence-corrected chi connectivity index (χ2v) is 5.88. The topological polar surface area (TPSA) is 90.2 Å². The van der Waals surface area contributed by atoms with Crippen LogP contribution >= 0.6 is 0 Å². The summed E-state index contributed by atoms with van der Waals surface area (Å²) >= 11 is 0. The summed E-state index contributed by atoms with van der Waals surface area (Å²) in [6, 6.07) is 8.00. The maximum Gasteiger partial charge on any atom is 0.241 e. The van der Waals surface area contributed by atoms with Gasteiger partial charge in [-0.25, -0.2) is 13.1 Å². The number of aliphatic hydroxyl groups is 1. The first-order valence-corrected chi connectivity index (χ1v) is 7.70. The molecule has 6 heteroatoms. The van der Waals surface area contributed by atoms with Crippen molar-refractivity contribution in [2.45, 2.75) is 30.6 Å². The average molecular weight is 282 g/mol. The van der Waals surface area contributed by atoms with Crippen molar-refractivity contribution < 1.29 is 13.5 Å². The predicted molar refractivity (Wildman–Crippen MR) is 71.9 cm³/mol. The Morgan fingerprint density at radius 1 is 1.16 bits per heavy atom. The van der Waals surface area contributed by atoms with Crippen molar-refractivity contribution in [3.63, 3.8) is 0 Å². The van der Waals surface area contributed by atoms with Crippen LogP contribution in [0.25, 0.3) is 0 Å². The zero-order chi connectivity index (χ0) is 14.1. The number of rotatable bonds is 8. The summed E-state index contributed by atoms with van der Waals surface area (Å²) in [6.07, 6.45) is 3.20. The summed E-state index contributed by atoms with van der Waals surface area (Å²) in [5.74, 6) is 0. The molecule has 5 nitrogen and oxygen atoms in total. The van der Waals surface area contributed by atoms with Gasteiger partial charge in [0, 0.05) is 13.2 Å². The number of nitriles is 1. The van der Waals surface area contributed by atoms with E-state index in [1.807, 2.05) is 6.07 Å². The number of nitrogens with one attached hydrogen (secondary N) is 1. The van der Waals surface area contributed by atoms with Crippen molar-refractivity contribution in [2.24, 2.45) is 0 Å². The van der Waals surface area contributed by atoms with Gasteiger partial charge in [-0.2, -0.15) is 5.26 Å². The summed E-state index contributed by atoms with van der Waals surface area (Å²) in [4.78, 5) is 0.0212. The molecule has 0 heterocycles. The van der Waals surface area contributed by atoms with Gasteiger partial charge >= 0.3 is 0 Å². The number of benzene rings is 1. The maximum atomic E-state index is 12.0. The molecule has 0 amide bonds. The van der Waals surface area contributed by atoms with Crippen molar-refractivity contribution in [1.29, 1.82) is 5.26 Å². The number of hydrogen-bond donors (Lipinski definition) is 2. The van der Waals surface area contributed by atoms with Gasteiger partial charge in [0.15, 0.2) is 0 Å². The Kier molecular flexibility index (Phi) is 6.50. The van der Waals surface area contributed by atoms with Crippen molar-refractivity contribution >= 4 is 10.0 Å². The van der Waals surface area contributed by atoms with E-state index in [0.717, 1.165) is 19.3 Å². The molecule has 104 valence electrons. The van der Waals surface area contributed by atoms with E-state index in [1.54, 1.807) is 12.1 Å². The van der Waals surface area contributed by atoms with Gasteiger partial charge in [-0.1, -0.05) is 25.0 Å². The molecule has 1 rings (SSSR count). The highest BCUT2D eigenvalue weighted by Gasteiger charge is 2.16. The van der Waals surface area contributed by atoms with Crippen LogP contribution in [-0.4, -0.2) is 26.7 Å². The summed E-state index contributed by atoms with van der Waals surface area (Å²) in [5.41, 5.74) is 0.148.